The Hall–Kier alpha value is -2.61. The number of rotatable bonds is 5. The number of hydrogen-bond acceptors (Lipinski definition) is 7. The van der Waals surface area contributed by atoms with Crippen molar-refractivity contribution in [1.82, 2.24) is 9.97 Å². The number of carboxylic acid groups (broad SMARTS) is 1. The van der Waals surface area contributed by atoms with Crippen molar-refractivity contribution < 1.29 is 14.3 Å². The van der Waals surface area contributed by atoms with Crippen molar-refractivity contribution in [3.05, 3.63) is 33.7 Å². The van der Waals surface area contributed by atoms with E-state index in [4.69, 9.17) is 21.0 Å². The molecular formula is C14H14N4O3S. The lowest BCUT2D eigenvalue weighted by atomic mass is 10.1. The van der Waals surface area contributed by atoms with Gasteiger partial charge in [-0.3, -0.25) is 0 Å². The van der Waals surface area contributed by atoms with Crippen molar-refractivity contribution in [2.45, 2.75) is 19.3 Å². The van der Waals surface area contributed by atoms with Crippen LogP contribution in [0.25, 0.3) is 11.1 Å². The molecule has 3 aromatic heterocycles. The number of carboxylic acids is 1. The third-order valence-corrected chi connectivity index (χ3v) is 4.30. The van der Waals surface area contributed by atoms with Crippen LogP contribution in [0.1, 0.15) is 27.2 Å². The van der Waals surface area contributed by atoms with Crippen molar-refractivity contribution in [2.75, 3.05) is 11.5 Å². The number of furan rings is 1. The molecule has 0 fully saturated rings. The largest absolute Gasteiger partial charge is 0.477 e. The van der Waals surface area contributed by atoms with Crippen LogP contribution in [0.15, 0.2) is 22.1 Å². The smallest absolute Gasteiger partial charge is 0.345 e. The molecule has 7 nitrogen and oxygen atoms in total. The van der Waals surface area contributed by atoms with E-state index in [1.54, 1.807) is 12.3 Å². The van der Waals surface area contributed by atoms with Crippen LogP contribution in [0.4, 0.5) is 11.8 Å². The van der Waals surface area contributed by atoms with Gasteiger partial charge in [-0.15, -0.1) is 11.3 Å². The van der Waals surface area contributed by atoms with Crippen LogP contribution in [0.3, 0.4) is 0 Å². The van der Waals surface area contributed by atoms with Crippen molar-refractivity contribution in [3.63, 3.8) is 0 Å². The van der Waals surface area contributed by atoms with Crippen LogP contribution in [-0.4, -0.2) is 21.0 Å². The van der Waals surface area contributed by atoms with Gasteiger partial charge in [-0.25, -0.2) is 4.79 Å². The third kappa shape index (κ3) is 2.73. The van der Waals surface area contributed by atoms with Crippen LogP contribution in [0.5, 0.6) is 0 Å². The Bertz CT molecular complexity index is 840. The predicted molar refractivity (Wildman–Crippen MR) is 83.9 cm³/mol. The van der Waals surface area contributed by atoms with Gasteiger partial charge in [-0.1, -0.05) is 0 Å². The summed E-state index contributed by atoms with van der Waals surface area (Å²) < 4.78 is 5.36. The summed E-state index contributed by atoms with van der Waals surface area (Å²) in [7, 11) is 0. The van der Waals surface area contributed by atoms with E-state index < -0.39 is 5.97 Å². The fraction of sp³-hybridized carbons (Fsp3) is 0.214. The first-order valence-electron chi connectivity index (χ1n) is 6.64. The molecule has 0 aliphatic carbocycles. The molecule has 0 bridgehead atoms. The van der Waals surface area contributed by atoms with E-state index in [0.29, 0.717) is 21.8 Å². The van der Waals surface area contributed by atoms with Gasteiger partial charge >= 0.3 is 5.97 Å². The van der Waals surface area contributed by atoms with Gasteiger partial charge in [0.15, 0.2) is 0 Å². The molecule has 0 saturated heterocycles. The fourth-order valence-corrected chi connectivity index (χ4v) is 3.12. The minimum absolute atomic E-state index is 0.0883. The second-order valence-electron chi connectivity index (χ2n) is 4.89. The molecule has 22 heavy (non-hydrogen) atoms. The van der Waals surface area contributed by atoms with Crippen molar-refractivity contribution in [2.24, 2.45) is 0 Å². The molecule has 3 rings (SSSR count). The van der Waals surface area contributed by atoms with E-state index in [0.717, 1.165) is 30.4 Å². The molecule has 0 unspecified atom stereocenters. The van der Waals surface area contributed by atoms with Gasteiger partial charge in [0.1, 0.15) is 10.7 Å². The van der Waals surface area contributed by atoms with Crippen LogP contribution >= 0.6 is 11.3 Å². The number of nitrogens with two attached hydrogens (primary N) is 2. The van der Waals surface area contributed by atoms with Crippen molar-refractivity contribution in [1.29, 1.82) is 0 Å². The lowest BCUT2D eigenvalue weighted by molar-refractivity contribution is 0.0702. The van der Waals surface area contributed by atoms with Gasteiger partial charge in [0.2, 0.25) is 11.7 Å². The molecule has 0 amide bonds. The molecule has 8 heteroatoms. The summed E-state index contributed by atoms with van der Waals surface area (Å²) in [5, 5.41) is 11.5. The van der Waals surface area contributed by atoms with Gasteiger partial charge < -0.3 is 21.0 Å². The summed E-state index contributed by atoms with van der Waals surface area (Å²) in [4.78, 5) is 19.2. The summed E-state index contributed by atoms with van der Waals surface area (Å²) in [5.74, 6) is -0.486. The number of nitrogens with zero attached hydrogens (tertiary/aromatic N) is 2. The number of aryl methyl sites for hydroxylation is 2. The third-order valence-electron chi connectivity index (χ3n) is 3.33. The lowest BCUT2D eigenvalue weighted by Gasteiger charge is -2.00. The molecule has 0 spiro atoms. The number of aromatic carboxylic acids is 1. The average molecular weight is 318 g/mol. The van der Waals surface area contributed by atoms with Crippen LogP contribution in [0, 0.1) is 0 Å². The number of fused-ring (bicyclic) bond motifs is 1. The maximum absolute atomic E-state index is 10.8. The Morgan fingerprint density at radius 2 is 2.14 bits per heavy atom. The van der Waals surface area contributed by atoms with Gasteiger partial charge in [-0.05, 0) is 36.3 Å². The second-order valence-corrected chi connectivity index (χ2v) is 5.80. The fourth-order valence-electron chi connectivity index (χ4n) is 2.33. The SMILES string of the molecule is Nc1nc(N)c2c(CCCc3csc(C(=O)O)c3)coc2n1. The van der Waals surface area contributed by atoms with Crippen molar-refractivity contribution in [3.8, 4) is 0 Å². The maximum atomic E-state index is 10.8. The lowest BCUT2D eigenvalue weighted by Crippen LogP contribution is -2.00. The Labute approximate surface area is 129 Å². The molecule has 5 N–H and O–H groups in total. The van der Waals surface area contributed by atoms with E-state index in [-0.39, 0.29) is 5.95 Å². The van der Waals surface area contributed by atoms with Gasteiger partial charge in [0.05, 0.1) is 11.6 Å². The number of aromatic nitrogens is 2. The van der Waals surface area contributed by atoms with E-state index in [2.05, 4.69) is 9.97 Å². The summed E-state index contributed by atoms with van der Waals surface area (Å²) in [6.07, 6.45) is 3.98. The molecule has 0 radical (unpaired) electrons. The van der Waals surface area contributed by atoms with E-state index in [9.17, 15) is 4.79 Å². The highest BCUT2D eigenvalue weighted by atomic mass is 32.1. The summed E-state index contributed by atoms with van der Waals surface area (Å²) in [6.45, 7) is 0. The number of anilines is 2. The standard InChI is InChI=1S/C14H14N4O3S/c15-11-10-8(5-21-12(10)18-14(16)17-11)3-1-2-7-4-9(13(19)20)22-6-7/h4-6H,1-3H2,(H,19,20)(H4,15,16,17,18). The highest BCUT2D eigenvalue weighted by Gasteiger charge is 2.13. The Balaban J connectivity index is 1.70. The highest BCUT2D eigenvalue weighted by Crippen LogP contribution is 2.26. The number of hydrogen-bond donors (Lipinski definition) is 3. The minimum atomic E-state index is -0.889. The Kier molecular flexibility index (Phi) is 3.68. The van der Waals surface area contributed by atoms with Crippen LogP contribution in [0.2, 0.25) is 0 Å². The first-order valence-corrected chi connectivity index (χ1v) is 7.52. The van der Waals surface area contributed by atoms with E-state index in [1.807, 2.05) is 5.38 Å². The zero-order chi connectivity index (χ0) is 15.7. The predicted octanol–water partition coefficient (Wildman–Crippen LogP) is 2.32. The minimum Gasteiger partial charge on any atom is -0.477 e. The zero-order valence-electron chi connectivity index (χ0n) is 11.6. The van der Waals surface area contributed by atoms with E-state index >= 15 is 0 Å². The Morgan fingerprint density at radius 3 is 2.86 bits per heavy atom. The second kappa shape index (κ2) is 5.64. The van der Waals surface area contributed by atoms with Gasteiger partial charge in [0.25, 0.3) is 0 Å². The summed E-state index contributed by atoms with van der Waals surface area (Å²) in [6, 6.07) is 1.71. The number of thiophene rings is 1. The van der Waals surface area contributed by atoms with Gasteiger partial charge in [0, 0.05) is 5.56 Å². The summed E-state index contributed by atoms with van der Waals surface area (Å²) in [5.41, 5.74) is 13.7. The van der Waals surface area contributed by atoms with Gasteiger partial charge in [-0.2, -0.15) is 9.97 Å². The average Bonchev–Trinajstić information content (AvgIpc) is 3.06. The van der Waals surface area contributed by atoms with E-state index in [1.165, 1.54) is 11.3 Å². The quantitative estimate of drug-likeness (QED) is 0.658. The molecule has 3 heterocycles. The molecule has 0 saturated carbocycles. The highest BCUT2D eigenvalue weighted by molar-refractivity contribution is 7.12. The molecule has 0 atom stereocenters. The molecule has 114 valence electrons. The summed E-state index contributed by atoms with van der Waals surface area (Å²) >= 11 is 1.24. The molecule has 0 aliphatic rings. The first kappa shape index (κ1) is 14.3. The molecule has 3 aromatic rings. The van der Waals surface area contributed by atoms with Crippen LogP contribution in [-0.2, 0) is 12.8 Å². The van der Waals surface area contributed by atoms with Crippen LogP contribution < -0.4 is 11.5 Å². The topological polar surface area (TPSA) is 128 Å². The first-order chi connectivity index (χ1) is 10.5. The normalized spacial score (nSPS) is 11.1. The molecular weight excluding hydrogens is 304 g/mol. The zero-order valence-corrected chi connectivity index (χ0v) is 12.4. The maximum Gasteiger partial charge on any atom is 0.345 e. The monoisotopic (exact) mass is 318 g/mol. The molecule has 0 aliphatic heterocycles. The number of carbonyl (C=O) groups is 1. The molecule has 0 aromatic carbocycles. The Morgan fingerprint density at radius 1 is 1.32 bits per heavy atom. The van der Waals surface area contributed by atoms with Crippen molar-refractivity contribution >= 4 is 40.2 Å². The number of nitrogen functional groups attached to an aromatic ring is 2.